The van der Waals surface area contributed by atoms with E-state index in [-0.39, 0.29) is 4.90 Å². The molecule has 0 aliphatic carbocycles. The van der Waals surface area contributed by atoms with Crippen molar-refractivity contribution < 1.29 is 17.9 Å². The van der Waals surface area contributed by atoms with E-state index < -0.39 is 27.5 Å². The highest BCUT2D eigenvalue weighted by atomic mass is 32.2. The van der Waals surface area contributed by atoms with Gasteiger partial charge in [0.05, 0.1) is 16.8 Å². The van der Waals surface area contributed by atoms with Crippen LogP contribution < -0.4 is 0 Å². The number of sulfone groups is 1. The van der Waals surface area contributed by atoms with Crippen LogP contribution >= 0.6 is 0 Å². The Kier molecular flexibility index (Phi) is 4.20. The summed E-state index contributed by atoms with van der Waals surface area (Å²) >= 11 is 0. The van der Waals surface area contributed by atoms with Crippen molar-refractivity contribution in [2.45, 2.75) is 17.9 Å². The molecule has 2 rings (SSSR count). The predicted molar refractivity (Wildman–Crippen MR) is 74.6 cm³/mol. The molecule has 5 heteroatoms. The summed E-state index contributed by atoms with van der Waals surface area (Å²) in [5.41, 5.74) is 1.50. The molecule has 0 amide bonds. The Balaban J connectivity index is 2.22. The topological polar surface area (TPSA) is 54.4 Å². The fraction of sp³-hybridized carbons (Fsp3) is 0.200. The number of aryl methyl sites for hydroxylation is 1. The molecular formula is C15H15FO3S. The van der Waals surface area contributed by atoms with Gasteiger partial charge in [0.1, 0.15) is 5.82 Å². The van der Waals surface area contributed by atoms with Gasteiger partial charge < -0.3 is 5.11 Å². The van der Waals surface area contributed by atoms with Gasteiger partial charge in [0.25, 0.3) is 0 Å². The molecule has 0 heterocycles. The third-order valence-corrected chi connectivity index (χ3v) is 4.72. The van der Waals surface area contributed by atoms with Crippen LogP contribution in [0.1, 0.15) is 17.2 Å². The molecule has 0 radical (unpaired) electrons. The molecule has 0 saturated carbocycles. The number of rotatable bonds is 4. The quantitative estimate of drug-likeness (QED) is 0.882. The first-order valence-electron chi connectivity index (χ1n) is 6.11. The molecule has 0 aromatic heterocycles. The maximum absolute atomic E-state index is 12.8. The van der Waals surface area contributed by atoms with Crippen LogP contribution in [0.4, 0.5) is 4.39 Å². The van der Waals surface area contributed by atoms with Crippen LogP contribution in [0.3, 0.4) is 0 Å². The van der Waals surface area contributed by atoms with Gasteiger partial charge in [-0.1, -0.05) is 29.8 Å². The zero-order valence-corrected chi connectivity index (χ0v) is 11.8. The van der Waals surface area contributed by atoms with Crippen LogP contribution in [-0.2, 0) is 9.84 Å². The number of aliphatic hydroxyl groups excluding tert-OH is 1. The van der Waals surface area contributed by atoms with Crippen molar-refractivity contribution in [3.63, 3.8) is 0 Å². The highest BCUT2D eigenvalue weighted by Crippen LogP contribution is 2.20. The van der Waals surface area contributed by atoms with E-state index in [2.05, 4.69) is 0 Å². The lowest BCUT2D eigenvalue weighted by Gasteiger charge is -2.12. The molecule has 20 heavy (non-hydrogen) atoms. The van der Waals surface area contributed by atoms with E-state index in [0.717, 1.165) is 17.7 Å². The summed E-state index contributed by atoms with van der Waals surface area (Å²) in [6.07, 6.45) is -1.11. The average Bonchev–Trinajstić information content (AvgIpc) is 2.38. The zero-order valence-electron chi connectivity index (χ0n) is 11.0. The molecule has 0 saturated heterocycles. The lowest BCUT2D eigenvalue weighted by molar-refractivity contribution is 0.201. The zero-order chi connectivity index (χ0) is 14.8. The van der Waals surface area contributed by atoms with Crippen LogP contribution in [0.25, 0.3) is 0 Å². The van der Waals surface area contributed by atoms with Crippen LogP contribution in [0.2, 0.25) is 0 Å². The average molecular weight is 294 g/mol. The van der Waals surface area contributed by atoms with Gasteiger partial charge in [-0.25, -0.2) is 12.8 Å². The van der Waals surface area contributed by atoms with E-state index in [9.17, 15) is 17.9 Å². The molecule has 1 N–H and O–H groups in total. The molecule has 0 aliphatic rings. The highest BCUT2D eigenvalue weighted by molar-refractivity contribution is 7.91. The van der Waals surface area contributed by atoms with Crippen molar-refractivity contribution in [3.8, 4) is 0 Å². The molecular weight excluding hydrogens is 279 g/mol. The van der Waals surface area contributed by atoms with E-state index in [0.29, 0.717) is 5.56 Å². The van der Waals surface area contributed by atoms with E-state index in [1.54, 1.807) is 18.2 Å². The molecule has 3 nitrogen and oxygen atoms in total. The minimum atomic E-state index is -3.65. The van der Waals surface area contributed by atoms with Crippen LogP contribution in [0.15, 0.2) is 53.4 Å². The summed E-state index contributed by atoms with van der Waals surface area (Å²) < 4.78 is 37.1. The summed E-state index contributed by atoms with van der Waals surface area (Å²) in [6.45, 7) is 1.87. The lowest BCUT2D eigenvalue weighted by atomic mass is 10.1. The molecule has 106 valence electrons. The Bertz CT molecular complexity index is 693. The first kappa shape index (κ1) is 14.7. The van der Waals surface area contributed by atoms with Crippen molar-refractivity contribution in [1.29, 1.82) is 0 Å². The van der Waals surface area contributed by atoms with Crippen molar-refractivity contribution in [2.75, 3.05) is 5.75 Å². The fourth-order valence-corrected chi connectivity index (χ4v) is 3.27. The van der Waals surface area contributed by atoms with Crippen molar-refractivity contribution >= 4 is 9.84 Å². The van der Waals surface area contributed by atoms with Crippen LogP contribution in [-0.4, -0.2) is 19.3 Å². The van der Waals surface area contributed by atoms with Gasteiger partial charge in [-0.3, -0.25) is 0 Å². The van der Waals surface area contributed by atoms with E-state index >= 15 is 0 Å². The first-order valence-corrected chi connectivity index (χ1v) is 7.77. The number of benzene rings is 2. The monoisotopic (exact) mass is 294 g/mol. The van der Waals surface area contributed by atoms with E-state index in [4.69, 9.17) is 0 Å². The SMILES string of the molecule is Cc1cccc(C(O)CS(=O)(=O)c2ccc(F)cc2)c1. The number of hydrogen-bond donors (Lipinski definition) is 1. The van der Waals surface area contributed by atoms with E-state index in [1.165, 1.54) is 12.1 Å². The van der Waals surface area contributed by atoms with Gasteiger partial charge in [-0.2, -0.15) is 0 Å². The summed E-state index contributed by atoms with van der Waals surface area (Å²) in [5, 5.41) is 10.0. The molecule has 2 aromatic rings. The third kappa shape index (κ3) is 3.43. The minimum absolute atomic E-state index is 0.00519. The summed E-state index contributed by atoms with van der Waals surface area (Å²) in [4.78, 5) is 0.00519. The normalized spacial score (nSPS) is 13.2. The molecule has 0 fully saturated rings. The molecule has 0 aliphatic heterocycles. The standard InChI is InChI=1S/C15H15FO3S/c1-11-3-2-4-12(9-11)15(17)10-20(18,19)14-7-5-13(16)6-8-14/h2-9,15,17H,10H2,1H3. The number of halogens is 1. The molecule has 1 unspecified atom stereocenters. The lowest BCUT2D eigenvalue weighted by Crippen LogP contribution is -2.15. The fourth-order valence-electron chi connectivity index (χ4n) is 1.92. The van der Waals surface area contributed by atoms with Gasteiger partial charge in [-0.15, -0.1) is 0 Å². The third-order valence-electron chi connectivity index (χ3n) is 2.98. The maximum atomic E-state index is 12.8. The Labute approximate surface area is 117 Å². The second-order valence-electron chi connectivity index (χ2n) is 4.67. The van der Waals surface area contributed by atoms with Gasteiger partial charge in [0, 0.05) is 0 Å². The second kappa shape index (κ2) is 5.73. The van der Waals surface area contributed by atoms with Crippen molar-refractivity contribution in [1.82, 2.24) is 0 Å². The number of hydrogen-bond acceptors (Lipinski definition) is 3. The largest absolute Gasteiger partial charge is 0.387 e. The smallest absolute Gasteiger partial charge is 0.181 e. The highest BCUT2D eigenvalue weighted by Gasteiger charge is 2.21. The Morgan fingerprint density at radius 1 is 1.15 bits per heavy atom. The van der Waals surface area contributed by atoms with Gasteiger partial charge in [-0.05, 0) is 36.8 Å². The summed E-state index contributed by atoms with van der Waals surface area (Å²) in [5.74, 6) is -0.926. The molecule has 2 aromatic carbocycles. The molecule has 1 atom stereocenters. The predicted octanol–water partition coefficient (Wildman–Crippen LogP) is 2.64. The van der Waals surface area contributed by atoms with Crippen molar-refractivity contribution in [2.24, 2.45) is 0 Å². The van der Waals surface area contributed by atoms with Gasteiger partial charge in [0.15, 0.2) is 9.84 Å². The Hall–Kier alpha value is -1.72. The van der Waals surface area contributed by atoms with Gasteiger partial charge >= 0.3 is 0 Å². The van der Waals surface area contributed by atoms with Crippen molar-refractivity contribution in [3.05, 3.63) is 65.5 Å². The van der Waals surface area contributed by atoms with Crippen LogP contribution in [0.5, 0.6) is 0 Å². The summed E-state index contributed by atoms with van der Waals surface area (Å²) in [6, 6.07) is 11.6. The number of aliphatic hydroxyl groups is 1. The van der Waals surface area contributed by atoms with E-state index in [1.807, 2.05) is 13.0 Å². The molecule has 0 bridgehead atoms. The minimum Gasteiger partial charge on any atom is -0.387 e. The second-order valence-corrected chi connectivity index (χ2v) is 6.70. The Morgan fingerprint density at radius 3 is 2.40 bits per heavy atom. The summed E-state index contributed by atoms with van der Waals surface area (Å²) in [7, 11) is -3.65. The first-order chi connectivity index (χ1) is 9.38. The van der Waals surface area contributed by atoms with Gasteiger partial charge in [0.2, 0.25) is 0 Å². The molecule has 0 spiro atoms. The maximum Gasteiger partial charge on any atom is 0.181 e. The van der Waals surface area contributed by atoms with Crippen LogP contribution in [0, 0.1) is 12.7 Å². The Morgan fingerprint density at radius 2 is 1.80 bits per heavy atom.